The minimum absolute atomic E-state index is 0.357. The number of hydrogen-bond donors (Lipinski definition) is 1. The van der Waals surface area contributed by atoms with E-state index in [4.69, 9.17) is 4.74 Å². The van der Waals surface area contributed by atoms with Crippen molar-refractivity contribution in [2.45, 2.75) is 45.6 Å². The zero-order valence-electron chi connectivity index (χ0n) is 15.1. The zero-order chi connectivity index (χ0) is 18.1. The number of ether oxygens (including phenoxy) is 1. The summed E-state index contributed by atoms with van der Waals surface area (Å²) in [5.74, 6) is 0.706. The van der Waals surface area contributed by atoms with Crippen LogP contribution in [0, 0.1) is 27.7 Å². The first kappa shape index (κ1) is 18.5. The molecule has 2 aromatic carbocycles. The number of sulfonamides is 1. The van der Waals surface area contributed by atoms with Gasteiger partial charge < -0.3 is 4.74 Å². The molecule has 0 aliphatic heterocycles. The van der Waals surface area contributed by atoms with Crippen molar-refractivity contribution in [1.29, 1.82) is 0 Å². The van der Waals surface area contributed by atoms with E-state index in [9.17, 15) is 8.42 Å². The molecule has 130 valence electrons. The molecule has 1 N–H and O–H groups in total. The van der Waals surface area contributed by atoms with Crippen LogP contribution < -0.4 is 9.46 Å². The van der Waals surface area contributed by atoms with E-state index in [1.54, 1.807) is 7.11 Å². The maximum atomic E-state index is 13.0. The summed E-state index contributed by atoms with van der Waals surface area (Å²) in [5, 5.41) is 0. The van der Waals surface area contributed by atoms with Gasteiger partial charge in [-0.05, 0) is 74.6 Å². The molecule has 0 aromatic heterocycles. The lowest BCUT2D eigenvalue weighted by molar-refractivity contribution is 0.413. The van der Waals surface area contributed by atoms with Gasteiger partial charge in [0, 0.05) is 6.04 Å². The standard InChI is InChI=1S/C19H25NO3S/c1-12-10-13(2)15(4)19(14(12)3)24(21,22)20-16(5)17-8-7-9-18(11-17)23-6/h7-11,16,20H,1-6H3. The molecule has 0 aliphatic carbocycles. The second-order valence-electron chi connectivity index (χ2n) is 6.21. The summed E-state index contributed by atoms with van der Waals surface area (Å²) in [6.07, 6.45) is 0. The molecular weight excluding hydrogens is 322 g/mol. The van der Waals surface area contributed by atoms with Gasteiger partial charge in [0.1, 0.15) is 5.75 Å². The third-order valence-electron chi connectivity index (χ3n) is 4.49. The van der Waals surface area contributed by atoms with Crippen LogP contribution in [-0.4, -0.2) is 15.5 Å². The van der Waals surface area contributed by atoms with Gasteiger partial charge >= 0.3 is 0 Å². The summed E-state index contributed by atoms with van der Waals surface area (Å²) in [6, 6.07) is 9.08. The van der Waals surface area contributed by atoms with Crippen molar-refractivity contribution in [2.75, 3.05) is 7.11 Å². The third-order valence-corrected chi connectivity index (χ3v) is 6.31. The van der Waals surface area contributed by atoms with Crippen molar-refractivity contribution in [3.8, 4) is 5.75 Å². The Morgan fingerprint density at radius 2 is 1.58 bits per heavy atom. The summed E-state index contributed by atoms with van der Waals surface area (Å²) >= 11 is 0. The first-order chi connectivity index (χ1) is 11.2. The van der Waals surface area contributed by atoms with E-state index in [1.165, 1.54) is 0 Å². The van der Waals surface area contributed by atoms with Crippen molar-refractivity contribution < 1.29 is 13.2 Å². The molecule has 2 rings (SSSR count). The highest BCUT2D eigenvalue weighted by Gasteiger charge is 2.24. The zero-order valence-corrected chi connectivity index (χ0v) is 15.9. The molecule has 5 heteroatoms. The minimum Gasteiger partial charge on any atom is -0.497 e. The van der Waals surface area contributed by atoms with Crippen LogP contribution in [0.4, 0.5) is 0 Å². The molecule has 4 nitrogen and oxygen atoms in total. The smallest absolute Gasteiger partial charge is 0.241 e. The summed E-state index contributed by atoms with van der Waals surface area (Å²) in [5.41, 5.74) is 4.41. The number of methoxy groups -OCH3 is 1. The van der Waals surface area contributed by atoms with E-state index in [1.807, 2.05) is 65.0 Å². The van der Waals surface area contributed by atoms with Crippen LogP contribution in [0.5, 0.6) is 5.75 Å². The highest BCUT2D eigenvalue weighted by Crippen LogP contribution is 2.28. The van der Waals surface area contributed by atoms with E-state index in [0.717, 1.165) is 27.8 Å². The maximum absolute atomic E-state index is 13.0. The van der Waals surface area contributed by atoms with E-state index >= 15 is 0 Å². The fraction of sp³-hybridized carbons (Fsp3) is 0.368. The molecule has 0 radical (unpaired) electrons. The number of hydrogen-bond acceptors (Lipinski definition) is 3. The third kappa shape index (κ3) is 3.62. The van der Waals surface area contributed by atoms with Crippen molar-refractivity contribution in [2.24, 2.45) is 0 Å². The van der Waals surface area contributed by atoms with Gasteiger partial charge in [0.2, 0.25) is 10.0 Å². The number of benzene rings is 2. The summed E-state index contributed by atoms with van der Waals surface area (Å²) in [6.45, 7) is 9.41. The molecular formula is C19H25NO3S. The van der Waals surface area contributed by atoms with Gasteiger partial charge in [-0.3, -0.25) is 0 Å². The van der Waals surface area contributed by atoms with Gasteiger partial charge in [0.25, 0.3) is 0 Å². The van der Waals surface area contributed by atoms with E-state index in [2.05, 4.69) is 4.72 Å². The predicted octanol–water partition coefficient (Wildman–Crippen LogP) is 3.97. The Morgan fingerprint density at radius 3 is 2.12 bits per heavy atom. The van der Waals surface area contributed by atoms with Gasteiger partial charge in [0.15, 0.2) is 0 Å². The van der Waals surface area contributed by atoms with Crippen LogP contribution in [0.15, 0.2) is 35.2 Å². The molecule has 0 aliphatic rings. The van der Waals surface area contributed by atoms with Crippen molar-refractivity contribution in [3.63, 3.8) is 0 Å². The normalized spacial score (nSPS) is 12.9. The first-order valence-electron chi connectivity index (χ1n) is 7.91. The largest absolute Gasteiger partial charge is 0.497 e. The lowest BCUT2D eigenvalue weighted by Crippen LogP contribution is -2.28. The molecule has 2 aromatic rings. The molecule has 1 unspecified atom stereocenters. The molecule has 1 atom stereocenters. The molecule has 0 bridgehead atoms. The first-order valence-corrected chi connectivity index (χ1v) is 9.39. The number of nitrogens with one attached hydrogen (secondary N) is 1. The molecule has 0 spiro atoms. The van der Waals surface area contributed by atoms with E-state index in [0.29, 0.717) is 10.6 Å². The Labute approximate surface area is 144 Å². The number of aryl methyl sites for hydroxylation is 2. The van der Waals surface area contributed by atoms with Crippen LogP contribution >= 0.6 is 0 Å². The number of rotatable bonds is 5. The summed E-state index contributed by atoms with van der Waals surface area (Å²) in [4.78, 5) is 0.384. The fourth-order valence-corrected chi connectivity index (χ4v) is 4.70. The second kappa shape index (κ2) is 6.95. The molecule has 0 heterocycles. The SMILES string of the molecule is COc1cccc(C(C)NS(=O)(=O)c2c(C)c(C)cc(C)c2C)c1. The van der Waals surface area contributed by atoms with Gasteiger partial charge in [0.05, 0.1) is 12.0 Å². The van der Waals surface area contributed by atoms with Crippen molar-refractivity contribution >= 4 is 10.0 Å². The second-order valence-corrected chi connectivity index (χ2v) is 7.86. The van der Waals surface area contributed by atoms with Crippen LogP contribution in [-0.2, 0) is 10.0 Å². The molecule has 0 saturated carbocycles. The Hall–Kier alpha value is -1.85. The van der Waals surface area contributed by atoms with Crippen LogP contribution in [0.3, 0.4) is 0 Å². The minimum atomic E-state index is -3.62. The highest BCUT2D eigenvalue weighted by molar-refractivity contribution is 7.89. The maximum Gasteiger partial charge on any atom is 0.241 e. The van der Waals surface area contributed by atoms with Gasteiger partial charge in [-0.25, -0.2) is 13.1 Å². The lowest BCUT2D eigenvalue weighted by atomic mass is 10.0. The van der Waals surface area contributed by atoms with Crippen molar-refractivity contribution in [1.82, 2.24) is 4.72 Å². The van der Waals surface area contributed by atoms with Crippen LogP contribution in [0.25, 0.3) is 0 Å². The van der Waals surface area contributed by atoms with Gasteiger partial charge in [-0.1, -0.05) is 18.2 Å². The van der Waals surface area contributed by atoms with Crippen molar-refractivity contribution in [3.05, 3.63) is 58.1 Å². The predicted molar refractivity (Wildman–Crippen MR) is 97.1 cm³/mol. The van der Waals surface area contributed by atoms with E-state index < -0.39 is 10.0 Å². The fourth-order valence-electron chi connectivity index (χ4n) is 2.85. The van der Waals surface area contributed by atoms with Gasteiger partial charge in [-0.2, -0.15) is 0 Å². The quantitative estimate of drug-likeness (QED) is 0.890. The molecule has 0 fully saturated rings. The summed E-state index contributed by atoms with van der Waals surface area (Å²) in [7, 11) is -2.03. The highest BCUT2D eigenvalue weighted by atomic mass is 32.2. The van der Waals surface area contributed by atoms with Crippen LogP contribution in [0.1, 0.15) is 40.8 Å². The van der Waals surface area contributed by atoms with E-state index in [-0.39, 0.29) is 6.04 Å². The topological polar surface area (TPSA) is 55.4 Å². The Balaban J connectivity index is 2.42. The summed E-state index contributed by atoms with van der Waals surface area (Å²) < 4.78 is 34.0. The Kier molecular flexibility index (Phi) is 5.35. The van der Waals surface area contributed by atoms with Gasteiger partial charge in [-0.15, -0.1) is 0 Å². The molecule has 0 amide bonds. The Morgan fingerprint density at radius 1 is 1.00 bits per heavy atom. The monoisotopic (exact) mass is 347 g/mol. The average Bonchev–Trinajstić information content (AvgIpc) is 2.52. The molecule has 24 heavy (non-hydrogen) atoms. The van der Waals surface area contributed by atoms with Crippen LogP contribution in [0.2, 0.25) is 0 Å². The Bertz CT molecular complexity index is 831. The molecule has 0 saturated heterocycles. The lowest BCUT2D eigenvalue weighted by Gasteiger charge is -2.20. The average molecular weight is 347 g/mol.